The Morgan fingerprint density at radius 3 is 2.62 bits per heavy atom. The standard InChI is InChI=1S/C13H11N3O5/c1-7-6-11(15-8(2)14-7)21-10-5-3-4-9(16(19)20)12(10)13(17)18/h3-6H,1-2H3,(H,17,18). The fraction of sp³-hybridized carbons (Fsp3) is 0.154. The Morgan fingerprint density at radius 2 is 2.05 bits per heavy atom. The lowest BCUT2D eigenvalue weighted by Crippen LogP contribution is -2.06. The van der Waals surface area contributed by atoms with Crippen molar-refractivity contribution in [1.29, 1.82) is 0 Å². The summed E-state index contributed by atoms with van der Waals surface area (Å²) in [5.74, 6) is -1.01. The Labute approximate surface area is 119 Å². The third-order valence-corrected chi connectivity index (χ3v) is 2.57. The summed E-state index contributed by atoms with van der Waals surface area (Å²) < 4.78 is 5.39. The van der Waals surface area contributed by atoms with Crippen LogP contribution in [0.4, 0.5) is 5.69 Å². The van der Waals surface area contributed by atoms with Crippen molar-refractivity contribution < 1.29 is 19.6 Å². The van der Waals surface area contributed by atoms with E-state index in [0.717, 1.165) is 6.07 Å². The van der Waals surface area contributed by atoms with Crippen molar-refractivity contribution in [1.82, 2.24) is 9.97 Å². The highest BCUT2D eigenvalue weighted by atomic mass is 16.6. The zero-order chi connectivity index (χ0) is 15.6. The van der Waals surface area contributed by atoms with Crippen LogP contribution in [0.1, 0.15) is 21.9 Å². The molecule has 0 fully saturated rings. The molecule has 2 aromatic rings. The average Bonchev–Trinajstić information content (AvgIpc) is 2.36. The lowest BCUT2D eigenvalue weighted by atomic mass is 10.1. The summed E-state index contributed by atoms with van der Waals surface area (Å²) in [6.07, 6.45) is 0. The molecule has 8 nitrogen and oxygen atoms in total. The zero-order valence-corrected chi connectivity index (χ0v) is 11.2. The number of hydrogen-bond acceptors (Lipinski definition) is 6. The van der Waals surface area contributed by atoms with Gasteiger partial charge in [0.05, 0.1) is 4.92 Å². The van der Waals surface area contributed by atoms with E-state index in [1.807, 2.05) is 0 Å². The van der Waals surface area contributed by atoms with Crippen LogP contribution < -0.4 is 4.74 Å². The number of benzene rings is 1. The van der Waals surface area contributed by atoms with Crippen LogP contribution in [0, 0.1) is 24.0 Å². The second-order valence-corrected chi connectivity index (χ2v) is 4.21. The third kappa shape index (κ3) is 3.11. The Morgan fingerprint density at radius 1 is 1.33 bits per heavy atom. The smallest absolute Gasteiger partial charge is 0.346 e. The highest BCUT2D eigenvalue weighted by Crippen LogP contribution is 2.31. The maximum absolute atomic E-state index is 11.3. The van der Waals surface area contributed by atoms with Crippen LogP contribution in [-0.2, 0) is 0 Å². The minimum absolute atomic E-state index is 0.128. The van der Waals surface area contributed by atoms with Crippen molar-refractivity contribution in [3.63, 3.8) is 0 Å². The third-order valence-electron chi connectivity index (χ3n) is 2.57. The topological polar surface area (TPSA) is 115 Å². The number of carboxylic acids is 1. The van der Waals surface area contributed by atoms with E-state index in [-0.39, 0.29) is 11.6 Å². The molecule has 0 aliphatic carbocycles. The molecule has 0 atom stereocenters. The molecule has 0 bridgehead atoms. The van der Waals surface area contributed by atoms with Crippen molar-refractivity contribution in [3.05, 3.63) is 51.5 Å². The Hall–Kier alpha value is -3.03. The quantitative estimate of drug-likeness (QED) is 0.678. The zero-order valence-electron chi connectivity index (χ0n) is 11.2. The summed E-state index contributed by atoms with van der Waals surface area (Å²) >= 11 is 0. The summed E-state index contributed by atoms with van der Waals surface area (Å²) in [6, 6.07) is 5.30. The number of hydrogen-bond donors (Lipinski definition) is 1. The summed E-state index contributed by atoms with van der Waals surface area (Å²) in [6.45, 7) is 3.39. The van der Waals surface area contributed by atoms with E-state index in [4.69, 9.17) is 9.84 Å². The minimum atomic E-state index is -1.44. The number of carboxylic acid groups (broad SMARTS) is 1. The summed E-state index contributed by atoms with van der Waals surface area (Å²) in [7, 11) is 0. The number of rotatable bonds is 4. The molecular weight excluding hydrogens is 278 g/mol. The molecular formula is C13H11N3O5. The largest absolute Gasteiger partial charge is 0.477 e. The molecule has 1 aromatic carbocycles. The van der Waals surface area contributed by atoms with E-state index >= 15 is 0 Å². The van der Waals surface area contributed by atoms with Crippen molar-refractivity contribution >= 4 is 11.7 Å². The number of nitro benzene ring substituents is 1. The predicted molar refractivity (Wildman–Crippen MR) is 71.6 cm³/mol. The van der Waals surface area contributed by atoms with Crippen LogP contribution in [0.25, 0.3) is 0 Å². The minimum Gasteiger partial charge on any atom is -0.477 e. The van der Waals surface area contributed by atoms with E-state index in [1.54, 1.807) is 13.8 Å². The molecule has 0 aliphatic heterocycles. The van der Waals surface area contributed by atoms with Gasteiger partial charge in [0, 0.05) is 17.8 Å². The number of aromatic carboxylic acids is 1. The Balaban J connectivity index is 2.51. The lowest BCUT2D eigenvalue weighted by Gasteiger charge is -2.09. The predicted octanol–water partition coefficient (Wildman–Crippen LogP) is 2.49. The fourth-order valence-corrected chi connectivity index (χ4v) is 1.82. The van der Waals surface area contributed by atoms with Gasteiger partial charge in [-0.1, -0.05) is 6.07 Å². The van der Waals surface area contributed by atoms with Crippen LogP contribution in [-0.4, -0.2) is 26.0 Å². The van der Waals surface area contributed by atoms with Crippen molar-refractivity contribution in [2.45, 2.75) is 13.8 Å². The number of aryl methyl sites for hydroxylation is 2. The van der Waals surface area contributed by atoms with Gasteiger partial charge in [0.25, 0.3) is 5.69 Å². The summed E-state index contributed by atoms with van der Waals surface area (Å²) in [5.41, 5.74) is -0.418. The first-order chi connectivity index (χ1) is 9.88. The highest BCUT2D eigenvalue weighted by molar-refractivity contribution is 5.95. The number of ether oxygens (including phenoxy) is 1. The van der Waals surface area contributed by atoms with Crippen molar-refractivity contribution in [2.24, 2.45) is 0 Å². The van der Waals surface area contributed by atoms with E-state index < -0.39 is 22.1 Å². The molecule has 0 radical (unpaired) electrons. The number of nitrogens with zero attached hydrogens (tertiary/aromatic N) is 3. The molecule has 1 aromatic heterocycles. The molecule has 1 N–H and O–H groups in total. The van der Waals surface area contributed by atoms with Crippen LogP contribution in [0.2, 0.25) is 0 Å². The van der Waals surface area contributed by atoms with E-state index in [2.05, 4.69) is 9.97 Å². The van der Waals surface area contributed by atoms with E-state index in [9.17, 15) is 14.9 Å². The maximum Gasteiger partial charge on any atom is 0.346 e. The first kappa shape index (κ1) is 14.4. The van der Waals surface area contributed by atoms with Gasteiger partial charge >= 0.3 is 5.97 Å². The number of carbonyl (C=O) groups is 1. The Kier molecular flexibility index (Phi) is 3.79. The monoisotopic (exact) mass is 289 g/mol. The number of aromatic nitrogens is 2. The second kappa shape index (κ2) is 5.53. The van der Waals surface area contributed by atoms with Gasteiger partial charge in [0.1, 0.15) is 5.82 Å². The molecule has 2 rings (SSSR count). The molecule has 1 heterocycles. The molecule has 108 valence electrons. The normalized spacial score (nSPS) is 10.2. The average molecular weight is 289 g/mol. The molecule has 0 saturated carbocycles. The van der Waals surface area contributed by atoms with Gasteiger partial charge in [0.15, 0.2) is 11.3 Å². The SMILES string of the molecule is Cc1cc(Oc2cccc([N+](=O)[O-])c2C(=O)O)nc(C)n1. The van der Waals surface area contributed by atoms with Crippen LogP contribution in [0.15, 0.2) is 24.3 Å². The van der Waals surface area contributed by atoms with Crippen LogP contribution in [0.5, 0.6) is 11.6 Å². The van der Waals surface area contributed by atoms with Crippen LogP contribution in [0.3, 0.4) is 0 Å². The fourth-order valence-electron chi connectivity index (χ4n) is 1.82. The molecule has 0 saturated heterocycles. The highest BCUT2D eigenvalue weighted by Gasteiger charge is 2.25. The van der Waals surface area contributed by atoms with Gasteiger partial charge in [-0.15, -0.1) is 0 Å². The summed E-state index contributed by atoms with van der Waals surface area (Å²) in [4.78, 5) is 29.5. The van der Waals surface area contributed by atoms with Gasteiger partial charge in [-0.25, -0.2) is 9.78 Å². The van der Waals surface area contributed by atoms with Gasteiger partial charge < -0.3 is 9.84 Å². The van der Waals surface area contributed by atoms with Crippen molar-refractivity contribution in [3.8, 4) is 11.6 Å². The molecule has 0 aliphatic rings. The molecule has 0 amide bonds. The molecule has 0 spiro atoms. The van der Waals surface area contributed by atoms with E-state index in [0.29, 0.717) is 11.5 Å². The maximum atomic E-state index is 11.3. The summed E-state index contributed by atoms with van der Waals surface area (Å²) in [5, 5.41) is 20.1. The first-order valence-corrected chi connectivity index (χ1v) is 5.89. The Bertz CT molecular complexity index is 709. The van der Waals surface area contributed by atoms with Gasteiger partial charge in [-0.2, -0.15) is 4.98 Å². The van der Waals surface area contributed by atoms with E-state index in [1.165, 1.54) is 18.2 Å². The van der Waals surface area contributed by atoms with Gasteiger partial charge in [0.2, 0.25) is 5.88 Å². The first-order valence-electron chi connectivity index (χ1n) is 5.89. The lowest BCUT2D eigenvalue weighted by molar-refractivity contribution is -0.385. The molecule has 21 heavy (non-hydrogen) atoms. The van der Waals surface area contributed by atoms with Gasteiger partial charge in [-0.05, 0) is 19.9 Å². The number of nitro groups is 1. The molecule has 0 unspecified atom stereocenters. The second-order valence-electron chi connectivity index (χ2n) is 4.21. The molecule has 8 heteroatoms. The van der Waals surface area contributed by atoms with Gasteiger partial charge in [-0.3, -0.25) is 10.1 Å². The van der Waals surface area contributed by atoms with Crippen molar-refractivity contribution in [2.75, 3.05) is 0 Å². The van der Waals surface area contributed by atoms with Crippen LogP contribution >= 0.6 is 0 Å².